The Kier molecular flexibility index (Phi) is 5.98. The van der Waals surface area contributed by atoms with Crippen LogP contribution in [0.3, 0.4) is 0 Å². The Labute approximate surface area is 178 Å². The van der Waals surface area contributed by atoms with Gasteiger partial charge in [-0.15, -0.1) is 6.58 Å². The monoisotopic (exact) mass is 403 g/mol. The van der Waals surface area contributed by atoms with E-state index in [2.05, 4.69) is 35.1 Å². The normalized spacial score (nSPS) is 21.1. The fourth-order valence-corrected chi connectivity index (χ4v) is 4.47. The van der Waals surface area contributed by atoms with E-state index in [0.717, 1.165) is 48.9 Å². The first-order chi connectivity index (χ1) is 14.6. The molecule has 0 unspecified atom stereocenters. The molecule has 5 nitrogen and oxygen atoms in total. The molecule has 2 aliphatic rings. The van der Waals surface area contributed by atoms with Crippen LogP contribution in [0.5, 0.6) is 0 Å². The van der Waals surface area contributed by atoms with Gasteiger partial charge in [-0.1, -0.05) is 30.3 Å². The van der Waals surface area contributed by atoms with E-state index in [-0.39, 0.29) is 17.7 Å². The van der Waals surface area contributed by atoms with Crippen molar-refractivity contribution in [3.63, 3.8) is 0 Å². The van der Waals surface area contributed by atoms with Crippen LogP contribution in [0.2, 0.25) is 0 Å². The molecule has 1 saturated carbocycles. The average molecular weight is 404 g/mol. The van der Waals surface area contributed by atoms with Crippen molar-refractivity contribution in [1.82, 2.24) is 15.2 Å². The zero-order valence-corrected chi connectivity index (χ0v) is 17.3. The van der Waals surface area contributed by atoms with Gasteiger partial charge in [0.25, 0.3) is 0 Å². The number of amides is 2. The van der Waals surface area contributed by atoms with Crippen LogP contribution < -0.4 is 5.32 Å². The van der Waals surface area contributed by atoms with Gasteiger partial charge < -0.3 is 10.2 Å². The van der Waals surface area contributed by atoms with Gasteiger partial charge in [0.05, 0.1) is 5.41 Å². The molecular weight excluding hydrogens is 374 g/mol. The molecule has 1 aliphatic carbocycles. The van der Waals surface area contributed by atoms with E-state index in [1.165, 1.54) is 0 Å². The fraction of sp³-hybridized carbons (Fsp3) is 0.400. The van der Waals surface area contributed by atoms with Gasteiger partial charge in [0.15, 0.2) is 0 Å². The maximum Gasteiger partial charge on any atom is 0.228 e. The summed E-state index contributed by atoms with van der Waals surface area (Å²) >= 11 is 0. The highest BCUT2D eigenvalue weighted by Crippen LogP contribution is 2.38. The molecule has 156 valence electrons. The lowest BCUT2D eigenvalue weighted by Gasteiger charge is -2.42. The van der Waals surface area contributed by atoms with Crippen molar-refractivity contribution < 1.29 is 9.59 Å². The van der Waals surface area contributed by atoms with Gasteiger partial charge in [0.2, 0.25) is 11.8 Å². The predicted molar refractivity (Wildman–Crippen MR) is 118 cm³/mol. The molecule has 1 aliphatic heterocycles. The van der Waals surface area contributed by atoms with Crippen molar-refractivity contribution in [3.05, 3.63) is 67.0 Å². The van der Waals surface area contributed by atoms with Crippen molar-refractivity contribution in [3.8, 4) is 11.1 Å². The molecule has 2 aromatic rings. The van der Waals surface area contributed by atoms with Crippen LogP contribution in [0.15, 0.2) is 61.4 Å². The first kappa shape index (κ1) is 20.3. The van der Waals surface area contributed by atoms with Crippen LogP contribution in [-0.2, 0) is 16.0 Å². The number of hydrogen-bond donors (Lipinski definition) is 1. The number of hydrogen-bond acceptors (Lipinski definition) is 3. The Morgan fingerprint density at radius 1 is 1.20 bits per heavy atom. The number of carbonyl (C=O) groups excluding carboxylic acids is 2. The topological polar surface area (TPSA) is 62.3 Å². The van der Waals surface area contributed by atoms with E-state index in [4.69, 9.17) is 0 Å². The van der Waals surface area contributed by atoms with Gasteiger partial charge in [0.1, 0.15) is 0 Å². The van der Waals surface area contributed by atoms with E-state index in [1.807, 2.05) is 23.1 Å². The largest absolute Gasteiger partial charge is 0.352 e. The second kappa shape index (κ2) is 8.82. The Morgan fingerprint density at radius 3 is 2.73 bits per heavy atom. The molecule has 2 amide bonds. The van der Waals surface area contributed by atoms with E-state index < -0.39 is 5.41 Å². The van der Waals surface area contributed by atoms with Gasteiger partial charge in [-0.2, -0.15) is 0 Å². The second-order valence-corrected chi connectivity index (χ2v) is 8.53. The Bertz CT molecular complexity index is 923. The van der Waals surface area contributed by atoms with Gasteiger partial charge in [0, 0.05) is 37.9 Å². The second-order valence-electron chi connectivity index (χ2n) is 8.53. The molecule has 1 aromatic carbocycles. The van der Waals surface area contributed by atoms with E-state index in [1.54, 1.807) is 18.5 Å². The first-order valence-electron chi connectivity index (χ1n) is 10.8. The van der Waals surface area contributed by atoms with Crippen molar-refractivity contribution in [2.75, 3.05) is 19.6 Å². The van der Waals surface area contributed by atoms with Crippen molar-refractivity contribution >= 4 is 11.8 Å². The summed E-state index contributed by atoms with van der Waals surface area (Å²) in [5, 5.41) is 3.01. The zero-order valence-electron chi connectivity index (χ0n) is 17.3. The number of carbonyl (C=O) groups is 2. The molecule has 1 atom stereocenters. The van der Waals surface area contributed by atoms with Gasteiger partial charge in [-0.25, -0.2) is 0 Å². The Balaban J connectivity index is 1.61. The summed E-state index contributed by atoms with van der Waals surface area (Å²) in [6.07, 6.45) is 9.49. The number of likely N-dealkylation sites (tertiary alicyclic amines) is 1. The molecule has 2 heterocycles. The van der Waals surface area contributed by atoms with Crippen molar-refractivity contribution in [1.29, 1.82) is 0 Å². The SMILES string of the molecule is C=CCNC(=O)[C@]1(Cc2cccc(-c3ccncc3)c2)CCCN(C(=O)C2CC2)C1. The van der Waals surface area contributed by atoms with E-state index in [0.29, 0.717) is 19.5 Å². The van der Waals surface area contributed by atoms with Crippen LogP contribution in [0.1, 0.15) is 31.2 Å². The average Bonchev–Trinajstić information content (AvgIpc) is 3.63. The van der Waals surface area contributed by atoms with Crippen LogP contribution in [0.4, 0.5) is 0 Å². The molecule has 1 N–H and O–H groups in total. The summed E-state index contributed by atoms with van der Waals surface area (Å²) in [6, 6.07) is 12.3. The maximum atomic E-state index is 13.3. The van der Waals surface area contributed by atoms with Gasteiger partial charge in [-0.05, 0) is 60.9 Å². The number of nitrogens with one attached hydrogen (secondary N) is 1. The third-order valence-electron chi connectivity index (χ3n) is 6.19. The molecule has 0 spiro atoms. The summed E-state index contributed by atoms with van der Waals surface area (Å²) in [5.41, 5.74) is 2.71. The standard InChI is InChI=1S/C25H29N3O2/c1-2-12-27-24(30)25(11-4-15-28(18-25)23(29)21-7-8-21)17-19-5-3-6-22(16-19)20-9-13-26-14-10-20/h2-3,5-6,9-10,13-14,16,21H,1,4,7-8,11-12,15,17-18H2,(H,27,30)/t25-/m0/s1. The minimum Gasteiger partial charge on any atom is -0.352 e. The summed E-state index contributed by atoms with van der Waals surface area (Å²) in [4.78, 5) is 32.1. The number of benzene rings is 1. The minimum atomic E-state index is -0.608. The molecular formula is C25H29N3O2. The lowest BCUT2D eigenvalue weighted by molar-refractivity contribution is -0.142. The van der Waals surface area contributed by atoms with Crippen LogP contribution >= 0.6 is 0 Å². The predicted octanol–water partition coefficient (Wildman–Crippen LogP) is 3.61. The van der Waals surface area contributed by atoms with Gasteiger partial charge >= 0.3 is 0 Å². The number of aromatic nitrogens is 1. The number of nitrogens with zero attached hydrogens (tertiary/aromatic N) is 2. The molecule has 5 heteroatoms. The molecule has 1 aromatic heterocycles. The van der Waals surface area contributed by atoms with E-state index in [9.17, 15) is 9.59 Å². The zero-order chi connectivity index (χ0) is 21.0. The van der Waals surface area contributed by atoms with Crippen molar-refractivity contribution in [2.24, 2.45) is 11.3 Å². The van der Waals surface area contributed by atoms with Crippen LogP contribution in [0.25, 0.3) is 11.1 Å². The summed E-state index contributed by atoms with van der Waals surface area (Å²) in [5.74, 6) is 0.415. The third-order valence-corrected chi connectivity index (χ3v) is 6.19. The summed E-state index contributed by atoms with van der Waals surface area (Å²) in [7, 11) is 0. The van der Waals surface area contributed by atoms with Crippen LogP contribution in [-0.4, -0.2) is 41.3 Å². The molecule has 2 fully saturated rings. The summed E-state index contributed by atoms with van der Waals surface area (Å²) < 4.78 is 0. The Morgan fingerprint density at radius 2 is 2.00 bits per heavy atom. The lowest BCUT2D eigenvalue weighted by atomic mass is 9.74. The highest BCUT2D eigenvalue weighted by Gasteiger charge is 2.45. The molecule has 0 bridgehead atoms. The number of rotatable bonds is 7. The smallest absolute Gasteiger partial charge is 0.228 e. The quantitative estimate of drug-likeness (QED) is 0.719. The number of pyridine rings is 1. The Hall–Kier alpha value is -2.95. The first-order valence-corrected chi connectivity index (χ1v) is 10.8. The molecule has 0 radical (unpaired) electrons. The molecule has 1 saturated heterocycles. The molecule has 30 heavy (non-hydrogen) atoms. The lowest BCUT2D eigenvalue weighted by Crippen LogP contribution is -2.54. The number of piperidine rings is 1. The minimum absolute atomic E-state index is 0.0185. The van der Waals surface area contributed by atoms with Crippen LogP contribution in [0, 0.1) is 11.3 Å². The van der Waals surface area contributed by atoms with Crippen molar-refractivity contribution in [2.45, 2.75) is 32.1 Å². The maximum absolute atomic E-state index is 13.3. The van der Waals surface area contributed by atoms with Gasteiger partial charge in [-0.3, -0.25) is 14.6 Å². The fourth-order valence-electron chi connectivity index (χ4n) is 4.47. The highest BCUT2D eigenvalue weighted by molar-refractivity contribution is 5.86. The summed E-state index contributed by atoms with van der Waals surface area (Å²) in [6.45, 7) is 5.40. The van der Waals surface area contributed by atoms with E-state index >= 15 is 0 Å². The third kappa shape index (κ3) is 4.45. The highest BCUT2D eigenvalue weighted by atomic mass is 16.2. The molecule has 4 rings (SSSR count).